The number of thiol groups is 2. The van der Waals surface area contributed by atoms with Gasteiger partial charge in [0.05, 0.1) is 0 Å². The van der Waals surface area contributed by atoms with Crippen molar-refractivity contribution in [3.8, 4) is 0 Å². The summed E-state index contributed by atoms with van der Waals surface area (Å²) < 4.78 is 1.16. The lowest BCUT2D eigenvalue weighted by Crippen LogP contribution is -2.40. The van der Waals surface area contributed by atoms with Crippen molar-refractivity contribution in [3.05, 3.63) is 0 Å². The highest BCUT2D eigenvalue weighted by Gasteiger charge is 2.14. The predicted molar refractivity (Wildman–Crippen MR) is 46.5 cm³/mol. The minimum absolute atomic E-state index is 0.194. The van der Waals surface area contributed by atoms with E-state index in [0.29, 0.717) is 8.83 Å². The van der Waals surface area contributed by atoms with Gasteiger partial charge >= 0.3 is 6.09 Å². The van der Waals surface area contributed by atoms with Crippen LogP contribution in [-0.2, 0) is 0 Å². The van der Waals surface area contributed by atoms with Crippen LogP contribution in [0.25, 0.3) is 0 Å². The third-order valence-electron chi connectivity index (χ3n) is 0.548. The predicted octanol–water partition coefficient (Wildman–Crippen LogP) is 0.117. The maximum Gasteiger partial charge on any atom is 0.437 e. The van der Waals surface area contributed by atoms with E-state index in [1.807, 2.05) is 0 Å². The molecule has 0 aliphatic rings. The molecule has 0 fully saturated rings. The van der Waals surface area contributed by atoms with Crippen molar-refractivity contribution in [1.29, 1.82) is 0 Å². The van der Waals surface area contributed by atoms with Gasteiger partial charge in [-0.15, -0.1) is 4.41 Å². The van der Waals surface area contributed by atoms with Gasteiger partial charge in [0.25, 0.3) is 0 Å². The Labute approximate surface area is 73.8 Å². The highest BCUT2D eigenvalue weighted by atomic mass is 32.1. The lowest BCUT2D eigenvalue weighted by atomic mass is 11.1. The molecule has 0 aliphatic heterocycles. The van der Waals surface area contributed by atoms with Crippen LogP contribution in [0.2, 0.25) is 0 Å². The monoisotopic (exact) mass is 199 g/mol. The number of nitrogens with two attached hydrogens (primary N) is 1. The smallest absolute Gasteiger partial charge is 0.437 e. The van der Waals surface area contributed by atoms with Gasteiger partial charge in [-0.25, -0.2) is 4.79 Å². The van der Waals surface area contributed by atoms with Gasteiger partial charge in [-0.3, -0.25) is 0 Å². The fraction of sp³-hybridized carbons (Fsp3) is 0. The molecule has 0 spiro atoms. The summed E-state index contributed by atoms with van der Waals surface area (Å²) in [5.41, 5.74) is 5.00. The van der Waals surface area contributed by atoms with Crippen LogP contribution in [-0.4, -0.2) is 25.1 Å². The number of hydrogen-bond donors (Lipinski definition) is 4. The van der Waals surface area contributed by atoms with Crippen molar-refractivity contribution < 1.29 is 9.90 Å². The molecule has 0 saturated carbocycles. The van der Waals surface area contributed by atoms with Crippen LogP contribution in [0.4, 0.5) is 4.79 Å². The van der Waals surface area contributed by atoms with Crippen molar-refractivity contribution in [2.24, 2.45) is 5.73 Å². The van der Waals surface area contributed by atoms with Crippen molar-refractivity contribution in [3.63, 3.8) is 0 Å². The van der Waals surface area contributed by atoms with Gasteiger partial charge < -0.3 is 10.8 Å². The minimum atomic E-state index is -1.31. The molecule has 0 radical (unpaired) electrons. The lowest BCUT2D eigenvalue weighted by molar-refractivity contribution is 0.153. The Morgan fingerprint density at radius 1 is 1.50 bits per heavy atom. The van der Waals surface area contributed by atoms with Gasteiger partial charge in [-0.2, -0.15) is 4.41 Å². The zero-order valence-corrected chi connectivity index (χ0v) is 7.24. The number of carboxylic acid groups (broad SMARTS) is 1. The van der Waals surface area contributed by atoms with Gasteiger partial charge in [0, 0.05) is 0 Å². The molecular formula is C2H5N3O2S3. The number of nitrogens with zero attached hydrogens (tertiary/aromatic N) is 2. The van der Waals surface area contributed by atoms with E-state index in [1.165, 1.54) is 0 Å². The zero-order chi connectivity index (χ0) is 8.31. The molecule has 0 heterocycles. The van der Waals surface area contributed by atoms with E-state index in [-0.39, 0.29) is 5.11 Å². The Morgan fingerprint density at radius 3 is 2.00 bits per heavy atom. The second kappa shape index (κ2) is 3.74. The molecule has 0 bridgehead atoms. The fourth-order valence-electron chi connectivity index (χ4n) is 0.174. The van der Waals surface area contributed by atoms with Crippen molar-refractivity contribution >= 4 is 49.1 Å². The van der Waals surface area contributed by atoms with Crippen molar-refractivity contribution in [2.75, 3.05) is 0 Å². The van der Waals surface area contributed by atoms with E-state index in [4.69, 9.17) is 10.8 Å². The molecule has 3 N–H and O–H groups in total. The molecule has 5 nitrogen and oxygen atoms in total. The van der Waals surface area contributed by atoms with Gasteiger partial charge in [0.15, 0.2) is 5.11 Å². The summed E-state index contributed by atoms with van der Waals surface area (Å²) in [5, 5.41) is 8.05. The van der Waals surface area contributed by atoms with Crippen LogP contribution >= 0.6 is 37.8 Å². The molecule has 0 saturated heterocycles. The second-order valence-electron chi connectivity index (χ2n) is 1.20. The van der Waals surface area contributed by atoms with E-state index in [0.717, 1.165) is 0 Å². The summed E-state index contributed by atoms with van der Waals surface area (Å²) in [6.07, 6.45) is -1.31. The topological polar surface area (TPSA) is 69.8 Å². The first-order valence-electron chi connectivity index (χ1n) is 1.97. The Hall–Kier alpha value is -0.340. The molecule has 0 aromatic heterocycles. The second-order valence-corrected chi connectivity index (χ2v) is 2.38. The largest absolute Gasteiger partial charge is 0.463 e. The molecule has 58 valence electrons. The van der Waals surface area contributed by atoms with E-state index in [2.05, 4.69) is 37.8 Å². The third-order valence-corrected chi connectivity index (χ3v) is 1.74. The normalized spacial score (nSPS) is 8.60. The number of rotatable bonds is 0. The van der Waals surface area contributed by atoms with E-state index in [9.17, 15) is 4.79 Å². The summed E-state index contributed by atoms with van der Waals surface area (Å²) in [6.45, 7) is 0. The van der Waals surface area contributed by atoms with Crippen molar-refractivity contribution in [2.45, 2.75) is 0 Å². The van der Waals surface area contributed by atoms with E-state index >= 15 is 0 Å². The van der Waals surface area contributed by atoms with Crippen LogP contribution in [0.15, 0.2) is 0 Å². The summed E-state index contributed by atoms with van der Waals surface area (Å²) >= 11 is 11.5. The molecule has 0 unspecified atom stereocenters. The molecule has 8 heteroatoms. The quantitative estimate of drug-likeness (QED) is 0.253. The maximum absolute atomic E-state index is 10.1. The molecular weight excluding hydrogens is 194 g/mol. The van der Waals surface area contributed by atoms with E-state index < -0.39 is 6.09 Å². The Balaban J connectivity index is 4.07. The first kappa shape index (κ1) is 9.66. The highest BCUT2D eigenvalue weighted by Crippen LogP contribution is 2.04. The van der Waals surface area contributed by atoms with Crippen LogP contribution in [0.1, 0.15) is 0 Å². The average molecular weight is 199 g/mol. The molecule has 1 amide bonds. The first-order valence-corrected chi connectivity index (χ1v) is 3.18. The fourth-order valence-corrected chi connectivity index (χ4v) is 0.489. The molecule has 10 heavy (non-hydrogen) atoms. The summed E-state index contributed by atoms with van der Waals surface area (Å²) in [5.74, 6) is 0. The van der Waals surface area contributed by atoms with Gasteiger partial charge in [0.2, 0.25) is 0 Å². The molecule has 0 rings (SSSR count). The first-order chi connectivity index (χ1) is 4.46. The Morgan fingerprint density at radius 2 is 1.90 bits per heavy atom. The van der Waals surface area contributed by atoms with Crippen LogP contribution in [0, 0.1) is 0 Å². The van der Waals surface area contributed by atoms with Gasteiger partial charge in [-0.05, 0) is 37.8 Å². The zero-order valence-electron chi connectivity index (χ0n) is 4.63. The van der Waals surface area contributed by atoms with Gasteiger partial charge in [-0.1, -0.05) is 0 Å². The number of hydrazine groups is 1. The minimum Gasteiger partial charge on any atom is -0.463 e. The van der Waals surface area contributed by atoms with Gasteiger partial charge in [0.1, 0.15) is 0 Å². The number of hydrogen-bond acceptors (Lipinski definition) is 4. The summed E-state index contributed by atoms with van der Waals surface area (Å²) in [6, 6.07) is 0. The number of carbonyl (C=O) groups is 1. The molecule has 0 aliphatic carbocycles. The number of amides is 1. The van der Waals surface area contributed by atoms with E-state index in [1.54, 1.807) is 0 Å². The highest BCUT2D eigenvalue weighted by molar-refractivity contribution is 7.85. The number of thiocarbonyl (C=S) groups is 1. The standard InChI is InChI=1S/C2H5N3O2S3/c3-1(8)4(9)5(10)2(6)7/h9-10H,(H2,3,8)(H,6,7). The molecule has 0 aromatic carbocycles. The van der Waals surface area contributed by atoms with Crippen LogP contribution < -0.4 is 5.73 Å². The molecule has 0 atom stereocenters. The lowest BCUT2D eigenvalue weighted by Gasteiger charge is -2.21. The van der Waals surface area contributed by atoms with Crippen LogP contribution in [0.5, 0.6) is 0 Å². The SMILES string of the molecule is NC(=S)N(S)N(S)C(=O)O. The third kappa shape index (κ3) is 2.50. The van der Waals surface area contributed by atoms with Crippen LogP contribution in [0.3, 0.4) is 0 Å². The Bertz CT molecular complexity index is 144. The molecule has 0 aromatic rings. The maximum atomic E-state index is 10.1. The summed E-state index contributed by atoms with van der Waals surface area (Å²) in [7, 11) is 0. The van der Waals surface area contributed by atoms with Crippen molar-refractivity contribution in [1.82, 2.24) is 8.83 Å². The average Bonchev–Trinajstić information content (AvgIpc) is 1.84. The Kier molecular flexibility index (Phi) is 3.61. The summed E-state index contributed by atoms with van der Waals surface area (Å²) in [4.78, 5) is 10.1.